The van der Waals surface area contributed by atoms with Crippen molar-refractivity contribution >= 4 is 11.6 Å². The van der Waals surface area contributed by atoms with Crippen molar-refractivity contribution in [3.8, 4) is 5.75 Å². The highest BCUT2D eigenvalue weighted by Gasteiger charge is 2.27. The van der Waals surface area contributed by atoms with Gasteiger partial charge in [0.1, 0.15) is 5.75 Å². The van der Waals surface area contributed by atoms with Gasteiger partial charge in [-0.1, -0.05) is 18.2 Å². The van der Waals surface area contributed by atoms with E-state index >= 15 is 0 Å². The third-order valence-corrected chi connectivity index (χ3v) is 4.89. The molecule has 0 unspecified atom stereocenters. The van der Waals surface area contributed by atoms with Gasteiger partial charge in [-0.15, -0.1) is 0 Å². The highest BCUT2D eigenvalue weighted by molar-refractivity contribution is 5.93. The Morgan fingerprint density at radius 1 is 1.40 bits per heavy atom. The molecule has 3 rings (SSSR count). The van der Waals surface area contributed by atoms with Crippen molar-refractivity contribution < 1.29 is 9.53 Å². The summed E-state index contributed by atoms with van der Waals surface area (Å²) in [6, 6.07) is 8.49. The van der Waals surface area contributed by atoms with E-state index in [4.69, 9.17) is 4.74 Å². The van der Waals surface area contributed by atoms with E-state index in [1.807, 2.05) is 32.0 Å². The van der Waals surface area contributed by atoms with Gasteiger partial charge in [0.15, 0.2) is 0 Å². The Kier molecular flexibility index (Phi) is 5.38. The molecule has 1 atom stereocenters. The molecule has 25 heavy (non-hydrogen) atoms. The number of carbonyl (C=O) groups excluding carboxylic acids is 1. The van der Waals surface area contributed by atoms with Crippen LogP contribution in [-0.4, -0.2) is 47.2 Å². The highest BCUT2D eigenvalue weighted by Crippen LogP contribution is 2.26. The second kappa shape index (κ2) is 7.70. The average Bonchev–Trinajstić information content (AvgIpc) is 3.16. The molecule has 0 saturated carbocycles. The van der Waals surface area contributed by atoms with Gasteiger partial charge in [0, 0.05) is 6.04 Å². The molecular weight excluding hydrogens is 316 g/mol. The van der Waals surface area contributed by atoms with E-state index in [1.165, 1.54) is 5.56 Å². The SMILES string of the molecule is COc1ccccc1C[C@@H]1CCCN1CC(=O)Nc1c(C)n[nH]c1C. The van der Waals surface area contributed by atoms with Gasteiger partial charge in [-0.25, -0.2) is 0 Å². The number of carbonyl (C=O) groups is 1. The highest BCUT2D eigenvalue weighted by atomic mass is 16.5. The summed E-state index contributed by atoms with van der Waals surface area (Å²) in [5, 5.41) is 10.0. The van der Waals surface area contributed by atoms with Crippen LogP contribution >= 0.6 is 0 Å². The number of hydrogen-bond donors (Lipinski definition) is 2. The van der Waals surface area contributed by atoms with Crippen LogP contribution in [-0.2, 0) is 11.2 Å². The third-order valence-electron chi connectivity index (χ3n) is 4.89. The molecule has 0 radical (unpaired) electrons. The van der Waals surface area contributed by atoms with Gasteiger partial charge in [-0.2, -0.15) is 5.10 Å². The van der Waals surface area contributed by atoms with Crippen molar-refractivity contribution in [2.24, 2.45) is 0 Å². The first-order valence-corrected chi connectivity index (χ1v) is 8.76. The lowest BCUT2D eigenvalue weighted by atomic mass is 10.0. The van der Waals surface area contributed by atoms with Gasteiger partial charge in [0.2, 0.25) is 5.91 Å². The number of ether oxygens (including phenoxy) is 1. The number of anilines is 1. The largest absolute Gasteiger partial charge is 0.496 e. The van der Waals surface area contributed by atoms with Crippen LogP contribution in [0.15, 0.2) is 24.3 Å². The lowest BCUT2D eigenvalue weighted by Crippen LogP contribution is -2.38. The average molecular weight is 342 g/mol. The molecule has 0 spiro atoms. The summed E-state index contributed by atoms with van der Waals surface area (Å²) in [4.78, 5) is 14.7. The molecule has 0 bridgehead atoms. The molecule has 2 heterocycles. The fourth-order valence-corrected chi connectivity index (χ4v) is 3.56. The molecule has 1 aromatic carbocycles. The Hall–Kier alpha value is -2.34. The van der Waals surface area contributed by atoms with E-state index < -0.39 is 0 Å². The Morgan fingerprint density at radius 3 is 2.92 bits per heavy atom. The zero-order chi connectivity index (χ0) is 17.8. The zero-order valence-electron chi connectivity index (χ0n) is 15.1. The molecule has 2 N–H and O–H groups in total. The molecule has 0 aliphatic carbocycles. The predicted octanol–water partition coefficient (Wildman–Crippen LogP) is 2.68. The van der Waals surface area contributed by atoms with Crippen molar-refractivity contribution in [3.05, 3.63) is 41.2 Å². The van der Waals surface area contributed by atoms with Gasteiger partial charge < -0.3 is 10.1 Å². The number of rotatable bonds is 6. The number of hydrogen-bond acceptors (Lipinski definition) is 4. The number of aryl methyl sites for hydroxylation is 2. The second-order valence-corrected chi connectivity index (χ2v) is 6.64. The van der Waals surface area contributed by atoms with E-state index in [-0.39, 0.29) is 5.91 Å². The summed E-state index contributed by atoms with van der Waals surface area (Å²) in [6.07, 6.45) is 3.13. The number of benzene rings is 1. The van der Waals surface area contributed by atoms with Crippen LogP contribution in [0.1, 0.15) is 29.8 Å². The van der Waals surface area contributed by atoms with Crippen LogP contribution < -0.4 is 10.1 Å². The Balaban J connectivity index is 1.63. The molecular formula is C19H26N4O2. The number of aromatic amines is 1. The molecule has 1 aliphatic rings. The number of methoxy groups -OCH3 is 1. The van der Waals surface area contributed by atoms with Gasteiger partial charge in [0.25, 0.3) is 0 Å². The van der Waals surface area contributed by atoms with Crippen molar-refractivity contribution in [1.82, 2.24) is 15.1 Å². The third kappa shape index (κ3) is 4.02. The minimum absolute atomic E-state index is 0.0135. The maximum absolute atomic E-state index is 12.5. The fraction of sp³-hybridized carbons (Fsp3) is 0.474. The second-order valence-electron chi connectivity index (χ2n) is 6.64. The van der Waals surface area contributed by atoms with E-state index in [2.05, 4.69) is 26.5 Å². The topological polar surface area (TPSA) is 70.2 Å². The van der Waals surface area contributed by atoms with Crippen LogP contribution in [0.2, 0.25) is 0 Å². The first-order chi connectivity index (χ1) is 12.1. The summed E-state index contributed by atoms with van der Waals surface area (Å²) in [5.41, 5.74) is 3.70. The monoisotopic (exact) mass is 342 g/mol. The number of likely N-dealkylation sites (tertiary alicyclic amines) is 1. The van der Waals surface area contributed by atoms with Crippen molar-refractivity contribution in [1.29, 1.82) is 0 Å². The Labute approximate surface area is 148 Å². The quantitative estimate of drug-likeness (QED) is 0.847. The molecule has 1 aliphatic heterocycles. The minimum atomic E-state index is 0.0135. The van der Waals surface area contributed by atoms with Crippen LogP contribution in [0.5, 0.6) is 5.75 Å². The van der Waals surface area contributed by atoms with Gasteiger partial charge >= 0.3 is 0 Å². The normalized spacial score (nSPS) is 17.6. The van der Waals surface area contributed by atoms with Gasteiger partial charge in [-0.05, 0) is 51.3 Å². The van der Waals surface area contributed by atoms with E-state index in [1.54, 1.807) is 7.11 Å². The molecule has 1 aromatic heterocycles. The van der Waals surface area contributed by atoms with Gasteiger partial charge in [-0.3, -0.25) is 14.8 Å². The molecule has 2 aromatic rings. The van der Waals surface area contributed by atoms with Crippen molar-refractivity contribution in [2.45, 2.75) is 39.2 Å². The molecule has 1 amide bonds. The summed E-state index contributed by atoms with van der Waals surface area (Å²) in [7, 11) is 1.70. The molecule has 6 heteroatoms. The lowest BCUT2D eigenvalue weighted by Gasteiger charge is -2.24. The van der Waals surface area contributed by atoms with Crippen LogP contribution in [0.25, 0.3) is 0 Å². The summed E-state index contributed by atoms with van der Waals surface area (Å²) >= 11 is 0. The molecule has 6 nitrogen and oxygen atoms in total. The van der Waals surface area contributed by atoms with E-state index in [9.17, 15) is 4.79 Å². The number of para-hydroxylation sites is 1. The molecule has 134 valence electrons. The van der Waals surface area contributed by atoms with Crippen molar-refractivity contribution in [2.75, 3.05) is 25.5 Å². The van der Waals surface area contributed by atoms with Gasteiger partial charge in [0.05, 0.1) is 30.7 Å². The molecule has 1 saturated heterocycles. The smallest absolute Gasteiger partial charge is 0.238 e. The number of nitrogens with zero attached hydrogens (tertiary/aromatic N) is 2. The van der Waals surface area contributed by atoms with E-state index in [0.717, 1.165) is 48.6 Å². The molecule has 1 fully saturated rings. The number of H-pyrrole nitrogens is 1. The lowest BCUT2D eigenvalue weighted by molar-refractivity contribution is -0.117. The Bertz CT molecular complexity index is 721. The van der Waals surface area contributed by atoms with Crippen molar-refractivity contribution in [3.63, 3.8) is 0 Å². The summed E-state index contributed by atoms with van der Waals surface area (Å²) in [6.45, 7) is 5.16. The number of nitrogens with one attached hydrogen (secondary N) is 2. The predicted molar refractivity (Wildman–Crippen MR) is 98.0 cm³/mol. The zero-order valence-corrected chi connectivity index (χ0v) is 15.1. The maximum Gasteiger partial charge on any atom is 0.238 e. The first kappa shape index (κ1) is 17.5. The number of amides is 1. The van der Waals surface area contributed by atoms with E-state index in [0.29, 0.717) is 12.6 Å². The fourth-order valence-electron chi connectivity index (χ4n) is 3.56. The van der Waals surface area contributed by atoms with Crippen LogP contribution in [0, 0.1) is 13.8 Å². The van der Waals surface area contributed by atoms with Crippen LogP contribution in [0.3, 0.4) is 0 Å². The summed E-state index contributed by atoms with van der Waals surface area (Å²) in [5.74, 6) is 0.933. The first-order valence-electron chi connectivity index (χ1n) is 8.76. The Morgan fingerprint density at radius 2 is 2.20 bits per heavy atom. The standard InChI is InChI=1S/C19H26N4O2/c1-13-19(14(2)22-21-13)20-18(24)12-23-10-6-8-16(23)11-15-7-4-5-9-17(15)25-3/h4-5,7,9,16H,6,8,10-12H2,1-3H3,(H,20,24)(H,21,22)/t16-/m0/s1. The summed E-state index contributed by atoms with van der Waals surface area (Å²) < 4.78 is 5.46. The number of aromatic nitrogens is 2. The maximum atomic E-state index is 12.5. The van der Waals surface area contributed by atoms with Crippen LogP contribution in [0.4, 0.5) is 5.69 Å². The minimum Gasteiger partial charge on any atom is -0.496 e.